The molecule has 2 unspecified atom stereocenters. The monoisotopic (exact) mass is 579 g/mol. The molecule has 4 aromatic rings. The number of carbonyl (C=O) groups is 2. The van der Waals surface area contributed by atoms with Gasteiger partial charge >= 0.3 is 6.09 Å². The Morgan fingerprint density at radius 3 is 2.56 bits per heavy atom. The lowest BCUT2D eigenvalue weighted by atomic mass is 9.96. The van der Waals surface area contributed by atoms with Crippen molar-refractivity contribution in [3.63, 3.8) is 0 Å². The lowest BCUT2D eigenvalue weighted by Crippen LogP contribution is -3.10. The normalized spacial score (nSPS) is 20.8. The van der Waals surface area contributed by atoms with Crippen molar-refractivity contribution >= 4 is 43.8 Å². The van der Waals surface area contributed by atoms with Gasteiger partial charge in [-0.15, -0.1) is 0 Å². The number of furan rings is 1. The molecule has 1 fully saturated rings. The van der Waals surface area contributed by atoms with Gasteiger partial charge in [-0.2, -0.15) is 4.72 Å². The highest BCUT2D eigenvalue weighted by molar-refractivity contribution is 7.89. The predicted molar refractivity (Wildman–Crippen MR) is 154 cm³/mol. The molecule has 1 aliphatic heterocycles. The number of para-hydroxylation sites is 1. The Hall–Kier alpha value is -3.77. The molecule has 3 N–H and O–H groups in total. The third kappa shape index (κ3) is 6.76. The molecule has 10 nitrogen and oxygen atoms in total. The van der Waals surface area contributed by atoms with E-state index in [0.717, 1.165) is 10.9 Å². The first-order chi connectivity index (χ1) is 19.6. The quantitative estimate of drug-likeness (QED) is 0.183. The number of benzene rings is 3. The Kier molecular flexibility index (Phi) is 8.41. The van der Waals surface area contributed by atoms with Crippen molar-refractivity contribution in [1.29, 1.82) is 0 Å². The highest BCUT2D eigenvalue weighted by Gasteiger charge is 2.46. The molecule has 0 spiro atoms. The van der Waals surface area contributed by atoms with Crippen LogP contribution in [0.15, 0.2) is 82.1 Å². The van der Waals surface area contributed by atoms with Crippen LogP contribution in [-0.4, -0.2) is 45.0 Å². The van der Waals surface area contributed by atoms with Crippen LogP contribution in [0.4, 0.5) is 4.79 Å². The summed E-state index contributed by atoms with van der Waals surface area (Å²) in [6.45, 7) is 2.11. The number of carbonyl (C=O) groups excluding carboxylic acids is 2. The Labute approximate surface area is 238 Å². The van der Waals surface area contributed by atoms with Gasteiger partial charge < -0.3 is 24.7 Å². The molecule has 1 amide bonds. The molecule has 0 aliphatic carbocycles. The molecule has 0 bridgehead atoms. The standard InChI is InChI=1S/C30H33N3O7S/c1-30(32-41(37,38)22-14-15-28-24(17-22)23-11-5-6-13-27(23)40-28)18-25(33(36)20-30)26(34)12-7-8-16-31-29(35)39-19-21-9-3-2-4-10-21/h2-6,9-11,13-15,17,25,32-33H,7-8,12,16,18-20H2,1H3,(H,31,35)/t25-,30?/m0/s1. The number of nitrogens with one attached hydrogen (secondary N) is 3. The fraction of sp³-hybridized carbons (Fsp3) is 0.333. The summed E-state index contributed by atoms with van der Waals surface area (Å²) in [5, 5.41) is 16.7. The molecule has 0 saturated carbocycles. The van der Waals surface area contributed by atoms with Gasteiger partial charge in [-0.05, 0) is 49.6 Å². The number of hydroxylamine groups is 2. The van der Waals surface area contributed by atoms with Crippen LogP contribution in [0.3, 0.4) is 0 Å². The topological polar surface area (TPSA) is 142 Å². The predicted octanol–water partition coefficient (Wildman–Crippen LogP) is 3.44. The van der Waals surface area contributed by atoms with Crippen molar-refractivity contribution in [3.05, 3.63) is 83.6 Å². The van der Waals surface area contributed by atoms with Gasteiger partial charge in [0.15, 0.2) is 5.78 Å². The van der Waals surface area contributed by atoms with Gasteiger partial charge in [0, 0.05) is 30.2 Å². The number of Topliss-reactive ketones (excluding diaryl/α,β-unsaturated/α-hetero) is 1. The van der Waals surface area contributed by atoms with Crippen molar-refractivity contribution in [2.24, 2.45) is 0 Å². The molecule has 5 rings (SSSR count). The third-order valence-corrected chi connectivity index (χ3v) is 9.00. The highest BCUT2D eigenvalue weighted by atomic mass is 32.2. The van der Waals surface area contributed by atoms with Crippen molar-refractivity contribution in [1.82, 2.24) is 10.0 Å². The first kappa shape index (κ1) is 28.7. The van der Waals surface area contributed by atoms with Crippen LogP contribution in [0.2, 0.25) is 0 Å². The van der Waals surface area contributed by atoms with Gasteiger partial charge in [0.05, 0.1) is 17.0 Å². The van der Waals surface area contributed by atoms with Crippen molar-refractivity contribution < 1.29 is 32.2 Å². The van der Waals surface area contributed by atoms with E-state index >= 15 is 0 Å². The second-order valence-corrected chi connectivity index (χ2v) is 12.4. The number of alkyl carbamates (subject to hydrolysis) is 1. The first-order valence-corrected chi connectivity index (χ1v) is 15.1. The van der Waals surface area contributed by atoms with Crippen molar-refractivity contribution in [2.75, 3.05) is 13.1 Å². The average Bonchev–Trinajstić information content (AvgIpc) is 3.47. The molecule has 11 heteroatoms. The van der Waals surface area contributed by atoms with Crippen LogP contribution in [0, 0.1) is 5.21 Å². The second kappa shape index (κ2) is 12.0. The number of hydrogen-bond acceptors (Lipinski definition) is 7. The number of amides is 1. The smallest absolute Gasteiger partial charge is 0.407 e. The van der Waals surface area contributed by atoms with Crippen LogP contribution < -0.4 is 15.1 Å². The maximum absolute atomic E-state index is 13.3. The molecule has 216 valence electrons. The molecule has 1 saturated heterocycles. The summed E-state index contributed by atoms with van der Waals surface area (Å²) in [5.74, 6) is -0.212. The fourth-order valence-corrected chi connectivity index (χ4v) is 6.78. The lowest BCUT2D eigenvalue weighted by Gasteiger charge is -2.25. The van der Waals surface area contributed by atoms with Gasteiger partial charge in [0.25, 0.3) is 0 Å². The first-order valence-electron chi connectivity index (χ1n) is 13.6. The maximum Gasteiger partial charge on any atom is 0.407 e. The molecule has 1 aromatic heterocycles. The van der Waals surface area contributed by atoms with Gasteiger partial charge in [-0.3, -0.25) is 4.79 Å². The number of ketones is 1. The number of unbranched alkanes of at least 4 members (excludes halogenated alkanes) is 1. The number of rotatable bonds is 11. The van der Waals surface area contributed by atoms with Gasteiger partial charge in [-0.25, -0.2) is 13.2 Å². The zero-order valence-electron chi connectivity index (χ0n) is 22.7. The zero-order valence-corrected chi connectivity index (χ0v) is 23.5. The Morgan fingerprint density at radius 2 is 1.76 bits per heavy atom. The molecule has 3 aromatic carbocycles. The minimum atomic E-state index is -3.98. The molecule has 0 radical (unpaired) electrons. The summed E-state index contributed by atoms with van der Waals surface area (Å²) < 4.78 is 40.3. The second-order valence-electron chi connectivity index (χ2n) is 10.7. The van der Waals surface area contributed by atoms with E-state index in [2.05, 4.69) is 10.0 Å². The van der Waals surface area contributed by atoms with E-state index in [1.54, 1.807) is 19.1 Å². The summed E-state index contributed by atoms with van der Waals surface area (Å²) in [4.78, 5) is 24.8. The lowest BCUT2D eigenvalue weighted by molar-refractivity contribution is -0.852. The van der Waals surface area contributed by atoms with Crippen LogP contribution in [0.5, 0.6) is 0 Å². The minimum absolute atomic E-state index is 0.0612. The number of ether oxygens (including phenoxy) is 1. The molecular formula is C30H33N3O7S. The van der Waals surface area contributed by atoms with Crippen LogP contribution in [0.1, 0.15) is 38.2 Å². The van der Waals surface area contributed by atoms with Gasteiger partial charge in [0.1, 0.15) is 23.8 Å². The van der Waals surface area contributed by atoms with Crippen LogP contribution in [-0.2, 0) is 26.2 Å². The van der Waals surface area contributed by atoms with E-state index in [4.69, 9.17) is 9.15 Å². The maximum atomic E-state index is 13.3. The number of fused-ring (bicyclic) bond motifs is 3. The van der Waals surface area contributed by atoms with E-state index in [9.17, 15) is 23.2 Å². The van der Waals surface area contributed by atoms with Crippen LogP contribution >= 0.6 is 0 Å². The Balaban J connectivity index is 1.11. The van der Waals surface area contributed by atoms with Crippen molar-refractivity contribution in [3.8, 4) is 0 Å². The minimum Gasteiger partial charge on any atom is -0.634 e. The zero-order chi connectivity index (χ0) is 29.0. The van der Waals surface area contributed by atoms with E-state index in [-0.39, 0.29) is 41.7 Å². The van der Waals surface area contributed by atoms with E-state index in [1.807, 2.05) is 54.6 Å². The van der Waals surface area contributed by atoms with Crippen LogP contribution in [0.25, 0.3) is 21.9 Å². The summed E-state index contributed by atoms with van der Waals surface area (Å²) in [6.07, 6.45) is 0.772. The van der Waals surface area contributed by atoms with Gasteiger partial charge in [-0.1, -0.05) is 48.5 Å². The Morgan fingerprint density at radius 1 is 1.02 bits per heavy atom. The summed E-state index contributed by atoms with van der Waals surface area (Å²) in [5.41, 5.74) is 1.06. The largest absolute Gasteiger partial charge is 0.634 e. The van der Waals surface area contributed by atoms with E-state index in [0.29, 0.717) is 35.9 Å². The molecule has 3 atom stereocenters. The fourth-order valence-electron chi connectivity index (χ4n) is 5.33. The molecule has 41 heavy (non-hydrogen) atoms. The highest BCUT2D eigenvalue weighted by Crippen LogP contribution is 2.31. The number of quaternary nitrogens is 1. The van der Waals surface area contributed by atoms with Crippen molar-refractivity contribution in [2.45, 2.75) is 55.7 Å². The number of sulfonamides is 1. The molecule has 1 aliphatic rings. The third-order valence-electron chi connectivity index (χ3n) is 7.37. The number of hydrogen-bond donors (Lipinski definition) is 3. The average molecular weight is 580 g/mol. The summed E-state index contributed by atoms with van der Waals surface area (Å²) >= 11 is 0. The van der Waals surface area contributed by atoms with Gasteiger partial charge in [0.2, 0.25) is 10.0 Å². The Bertz CT molecular complexity index is 1650. The summed E-state index contributed by atoms with van der Waals surface area (Å²) in [6, 6.07) is 20.5. The molecule has 2 heterocycles. The van der Waals surface area contributed by atoms with E-state index in [1.165, 1.54) is 6.07 Å². The van der Waals surface area contributed by atoms with E-state index < -0.39 is 27.7 Å². The molecular weight excluding hydrogens is 546 g/mol. The summed E-state index contributed by atoms with van der Waals surface area (Å²) in [7, 11) is -3.98. The SMILES string of the molecule is CC1(NS(=O)(=O)c2ccc3oc4ccccc4c3c2)C[C@@H](C(=O)CCCCNC(=O)OCc2ccccc2)[NH+]([O-])C1.